The highest BCUT2D eigenvalue weighted by Crippen LogP contribution is 2.19. The van der Waals surface area contributed by atoms with E-state index in [1.807, 2.05) is 20.9 Å². The summed E-state index contributed by atoms with van der Waals surface area (Å²) in [5, 5.41) is 8.89. The number of hydrogen-bond acceptors (Lipinski definition) is 3. The number of ether oxygens (including phenoxy) is 1. The third-order valence-electron chi connectivity index (χ3n) is 2.48. The minimum absolute atomic E-state index is 0.141. The van der Waals surface area contributed by atoms with Gasteiger partial charge in [-0.2, -0.15) is 0 Å². The van der Waals surface area contributed by atoms with Gasteiger partial charge in [-0.25, -0.2) is 4.39 Å². The normalized spacial score (nSPS) is 10.9. The molecule has 0 radical (unpaired) electrons. The third kappa shape index (κ3) is 4.32. The molecule has 0 atom stereocenters. The third-order valence-corrected chi connectivity index (χ3v) is 2.48. The van der Waals surface area contributed by atoms with E-state index in [1.54, 1.807) is 17.0 Å². The Balaban J connectivity index is 2.59. The number of benzene rings is 1. The highest BCUT2D eigenvalue weighted by molar-refractivity contribution is 5.48. The van der Waals surface area contributed by atoms with Crippen LogP contribution in [0.15, 0.2) is 18.2 Å². The fraction of sp³-hybridized carbons (Fsp3) is 0.538. The number of likely N-dealkylation sites (N-methyl/N-ethyl adjacent to an activating group) is 1. The summed E-state index contributed by atoms with van der Waals surface area (Å²) >= 11 is 0. The molecule has 3 nitrogen and oxygen atoms in total. The van der Waals surface area contributed by atoms with Crippen molar-refractivity contribution in [1.82, 2.24) is 0 Å². The molecule has 0 aromatic heterocycles. The number of hydrogen-bond donors (Lipinski definition) is 1. The van der Waals surface area contributed by atoms with Crippen LogP contribution in [0.2, 0.25) is 0 Å². The van der Waals surface area contributed by atoms with Crippen molar-refractivity contribution in [2.24, 2.45) is 0 Å². The fourth-order valence-corrected chi connectivity index (χ4v) is 1.50. The van der Waals surface area contributed by atoms with Crippen molar-refractivity contribution >= 4 is 5.69 Å². The first kappa shape index (κ1) is 13.9. The van der Waals surface area contributed by atoms with E-state index >= 15 is 0 Å². The quantitative estimate of drug-likeness (QED) is 0.828. The zero-order valence-electron chi connectivity index (χ0n) is 10.6. The number of halogens is 1. The maximum Gasteiger partial charge on any atom is 0.146 e. The lowest BCUT2D eigenvalue weighted by atomic mass is 10.2. The Morgan fingerprint density at radius 2 is 2.12 bits per heavy atom. The molecular formula is C13H20FNO2. The van der Waals surface area contributed by atoms with Gasteiger partial charge >= 0.3 is 0 Å². The molecule has 17 heavy (non-hydrogen) atoms. The Hall–Kier alpha value is -1.13. The summed E-state index contributed by atoms with van der Waals surface area (Å²) in [6.07, 6.45) is 0.185. The number of aliphatic hydroxyl groups is 1. The van der Waals surface area contributed by atoms with E-state index < -0.39 is 0 Å². The fourth-order valence-electron chi connectivity index (χ4n) is 1.50. The number of aliphatic hydroxyl groups excluding tert-OH is 1. The largest absolute Gasteiger partial charge is 0.392 e. The van der Waals surface area contributed by atoms with Gasteiger partial charge in [0, 0.05) is 13.6 Å². The minimum Gasteiger partial charge on any atom is -0.392 e. The maximum absolute atomic E-state index is 13.7. The molecule has 0 spiro atoms. The van der Waals surface area contributed by atoms with Crippen LogP contribution >= 0.6 is 0 Å². The highest BCUT2D eigenvalue weighted by atomic mass is 19.1. The molecule has 0 aliphatic rings. The first-order valence-corrected chi connectivity index (χ1v) is 5.76. The summed E-state index contributed by atoms with van der Waals surface area (Å²) < 4.78 is 19.1. The molecule has 4 heteroatoms. The van der Waals surface area contributed by atoms with E-state index in [2.05, 4.69) is 0 Å². The Bertz CT molecular complexity index is 355. The Labute approximate surface area is 102 Å². The first-order chi connectivity index (χ1) is 8.04. The van der Waals surface area contributed by atoms with Crippen molar-refractivity contribution < 1.29 is 14.2 Å². The van der Waals surface area contributed by atoms with Crippen LogP contribution in [0.1, 0.15) is 19.4 Å². The lowest BCUT2D eigenvalue weighted by Gasteiger charge is -2.20. The topological polar surface area (TPSA) is 32.7 Å². The van der Waals surface area contributed by atoms with Crippen LogP contribution in [0.5, 0.6) is 0 Å². The zero-order valence-corrected chi connectivity index (χ0v) is 10.6. The highest BCUT2D eigenvalue weighted by Gasteiger charge is 2.08. The van der Waals surface area contributed by atoms with Crippen LogP contribution in [0, 0.1) is 5.82 Å². The summed E-state index contributed by atoms with van der Waals surface area (Å²) in [4.78, 5) is 1.80. The lowest BCUT2D eigenvalue weighted by Crippen LogP contribution is -2.24. The van der Waals surface area contributed by atoms with Crippen LogP contribution in [-0.2, 0) is 11.3 Å². The van der Waals surface area contributed by atoms with E-state index in [4.69, 9.17) is 9.84 Å². The Morgan fingerprint density at radius 1 is 1.41 bits per heavy atom. The second-order valence-electron chi connectivity index (χ2n) is 4.28. The molecule has 1 aromatic carbocycles. The second kappa shape index (κ2) is 6.57. The standard InChI is InChI=1S/C13H20FNO2/c1-10(2)17-7-6-15(3)13-5-4-11(9-16)8-12(13)14/h4-5,8,10,16H,6-7,9H2,1-3H3. The Kier molecular flexibility index (Phi) is 5.38. The van der Waals surface area contributed by atoms with Gasteiger partial charge < -0.3 is 14.7 Å². The molecule has 1 N–H and O–H groups in total. The molecule has 0 saturated heterocycles. The first-order valence-electron chi connectivity index (χ1n) is 5.76. The van der Waals surface area contributed by atoms with E-state index in [-0.39, 0.29) is 18.5 Å². The van der Waals surface area contributed by atoms with Crippen molar-refractivity contribution in [3.63, 3.8) is 0 Å². The van der Waals surface area contributed by atoms with Crippen molar-refractivity contribution in [2.75, 3.05) is 25.1 Å². The smallest absolute Gasteiger partial charge is 0.146 e. The number of anilines is 1. The van der Waals surface area contributed by atoms with Crippen LogP contribution < -0.4 is 4.90 Å². The molecule has 0 fully saturated rings. The summed E-state index contributed by atoms with van der Waals surface area (Å²) in [5.74, 6) is -0.316. The lowest BCUT2D eigenvalue weighted by molar-refractivity contribution is 0.0845. The molecule has 0 amide bonds. The van der Waals surface area contributed by atoms with Gasteiger partial charge in [-0.15, -0.1) is 0 Å². The summed E-state index contributed by atoms with van der Waals surface area (Å²) in [5.41, 5.74) is 1.10. The average molecular weight is 241 g/mol. The van der Waals surface area contributed by atoms with Crippen molar-refractivity contribution in [3.05, 3.63) is 29.6 Å². The summed E-state index contributed by atoms with van der Waals surface area (Å²) in [7, 11) is 1.82. The molecule has 1 rings (SSSR count). The molecule has 0 bridgehead atoms. The molecule has 0 aliphatic carbocycles. The Morgan fingerprint density at radius 3 is 2.65 bits per heavy atom. The molecule has 1 aromatic rings. The molecule has 0 heterocycles. The van der Waals surface area contributed by atoms with Gasteiger partial charge in [0.25, 0.3) is 0 Å². The van der Waals surface area contributed by atoms with Gasteiger partial charge in [-0.3, -0.25) is 0 Å². The van der Waals surface area contributed by atoms with Crippen molar-refractivity contribution in [3.8, 4) is 0 Å². The van der Waals surface area contributed by atoms with Crippen molar-refractivity contribution in [1.29, 1.82) is 0 Å². The van der Waals surface area contributed by atoms with E-state index in [0.29, 0.717) is 24.4 Å². The number of nitrogens with zero attached hydrogens (tertiary/aromatic N) is 1. The van der Waals surface area contributed by atoms with Gasteiger partial charge in [-0.05, 0) is 31.5 Å². The average Bonchev–Trinajstić information content (AvgIpc) is 2.28. The maximum atomic E-state index is 13.7. The van der Waals surface area contributed by atoms with Crippen LogP contribution in [-0.4, -0.2) is 31.4 Å². The van der Waals surface area contributed by atoms with Crippen LogP contribution in [0.3, 0.4) is 0 Å². The summed E-state index contributed by atoms with van der Waals surface area (Å²) in [6, 6.07) is 4.75. The van der Waals surface area contributed by atoms with Gasteiger partial charge in [0.2, 0.25) is 0 Å². The van der Waals surface area contributed by atoms with Crippen LogP contribution in [0.4, 0.5) is 10.1 Å². The van der Waals surface area contributed by atoms with Gasteiger partial charge in [-0.1, -0.05) is 6.07 Å². The van der Waals surface area contributed by atoms with Crippen LogP contribution in [0.25, 0.3) is 0 Å². The molecule has 96 valence electrons. The molecule has 0 unspecified atom stereocenters. The van der Waals surface area contributed by atoms with E-state index in [1.165, 1.54) is 6.07 Å². The second-order valence-corrected chi connectivity index (χ2v) is 4.28. The van der Waals surface area contributed by atoms with Gasteiger partial charge in [0.1, 0.15) is 5.82 Å². The van der Waals surface area contributed by atoms with Gasteiger partial charge in [0.15, 0.2) is 0 Å². The molecular weight excluding hydrogens is 221 g/mol. The summed E-state index contributed by atoms with van der Waals surface area (Å²) in [6.45, 7) is 4.99. The van der Waals surface area contributed by atoms with E-state index in [9.17, 15) is 4.39 Å². The zero-order chi connectivity index (χ0) is 12.8. The monoisotopic (exact) mass is 241 g/mol. The minimum atomic E-state index is -0.316. The molecule has 0 saturated carbocycles. The predicted octanol–water partition coefficient (Wildman–Crippen LogP) is 2.18. The van der Waals surface area contributed by atoms with E-state index in [0.717, 1.165) is 0 Å². The SMILES string of the molecule is CC(C)OCCN(C)c1ccc(CO)cc1F. The van der Waals surface area contributed by atoms with Gasteiger partial charge in [0.05, 0.1) is 25.0 Å². The number of rotatable bonds is 6. The van der Waals surface area contributed by atoms with Crippen molar-refractivity contribution in [2.45, 2.75) is 26.6 Å². The predicted molar refractivity (Wildman–Crippen MR) is 66.7 cm³/mol. The molecule has 0 aliphatic heterocycles.